The summed E-state index contributed by atoms with van der Waals surface area (Å²) in [5.74, 6) is -0.802. The zero-order valence-corrected chi connectivity index (χ0v) is 19.3. The molecule has 2 aromatic carbocycles. The Hall–Kier alpha value is -2.46. The predicted octanol–water partition coefficient (Wildman–Crippen LogP) is 8.51. The number of nitriles is 1. The van der Waals surface area contributed by atoms with Crippen LogP contribution in [0.5, 0.6) is 0 Å². The van der Waals surface area contributed by atoms with Crippen LogP contribution in [0, 0.1) is 28.9 Å². The number of nitrogens with zero attached hydrogens (tertiary/aromatic N) is 1. The Morgan fingerprint density at radius 3 is 2.38 bits per heavy atom. The van der Waals surface area contributed by atoms with E-state index >= 15 is 0 Å². The Labute approximate surface area is 197 Å². The van der Waals surface area contributed by atoms with E-state index in [0.29, 0.717) is 6.07 Å². The second kappa shape index (κ2) is 11.8. The monoisotopic (exact) mass is 479 g/mol. The molecule has 3 rings (SSSR count). The highest BCUT2D eigenvalue weighted by Crippen LogP contribution is 2.39. The number of rotatable bonds is 10. The van der Waals surface area contributed by atoms with Gasteiger partial charge in [0, 0.05) is 5.56 Å². The molecule has 0 spiro atoms. The molecule has 1 atom stereocenters. The summed E-state index contributed by atoms with van der Waals surface area (Å²) in [6.45, 7) is 1.36. The topological polar surface area (TPSA) is 33.0 Å². The molecule has 34 heavy (non-hydrogen) atoms. The molecule has 1 aliphatic carbocycles. The SMILES string of the molecule is CCCCCC1CCC(c2ccc(COC(F)(F)C(F)c3ccc(C#N)c(F)c3)c(F)c2)CC1. The van der Waals surface area contributed by atoms with Crippen LogP contribution in [0.25, 0.3) is 0 Å². The Morgan fingerprint density at radius 2 is 1.76 bits per heavy atom. The van der Waals surface area contributed by atoms with Crippen molar-refractivity contribution in [2.45, 2.75) is 83.1 Å². The van der Waals surface area contributed by atoms with Gasteiger partial charge in [-0.2, -0.15) is 14.0 Å². The van der Waals surface area contributed by atoms with Crippen molar-refractivity contribution in [3.63, 3.8) is 0 Å². The first-order valence-corrected chi connectivity index (χ1v) is 11.9. The molecule has 0 heterocycles. The number of unbranched alkanes of at least 4 members (excludes halogenated alkanes) is 2. The average Bonchev–Trinajstić information content (AvgIpc) is 2.83. The molecule has 2 nitrogen and oxygen atoms in total. The molecule has 0 aliphatic heterocycles. The highest BCUT2D eigenvalue weighted by atomic mass is 19.3. The molecular formula is C27H30F5NO. The van der Waals surface area contributed by atoms with Crippen LogP contribution in [0.3, 0.4) is 0 Å². The number of hydrogen-bond acceptors (Lipinski definition) is 2. The van der Waals surface area contributed by atoms with E-state index in [1.54, 1.807) is 6.07 Å². The van der Waals surface area contributed by atoms with Gasteiger partial charge in [-0.05, 0) is 66.8 Å². The summed E-state index contributed by atoms with van der Waals surface area (Å²) < 4.78 is 75.5. The highest BCUT2D eigenvalue weighted by Gasteiger charge is 2.43. The van der Waals surface area contributed by atoms with E-state index in [-0.39, 0.29) is 17.0 Å². The van der Waals surface area contributed by atoms with Crippen LogP contribution in [0.15, 0.2) is 36.4 Å². The lowest BCUT2D eigenvalue weighted by molar-refractivity contribution is -0.282. The maximum atomic E-state index is 14.6. The van der Waals surface area contributed by atoms with Gasteiger partial charge < -0.3 is 4.74 Å². The summed E-state index contributed by atoms with van der Waals surface area (Å²) in [5.41, 5.74) is -0.304. The summed E-state index contributed by atoms with van der Waals surface area (Å²) >= 11 is 0. The molecular weight excluding hydrogens is 449 g/mol. The first-order valence-electron chi connectivity index (χ1n) is 11.9. The van der Waals surface area contributed by atoms with Crippen molar-refractivity contribution < 1.29 is 26.7 Å². The molecule has 184 valence electrons. The van der Waals surface area contributed by atoms with E-state index in [1.807, 2.05) is 0 Å². The number of hydrogen-bond donors (Lipinski definition) is 0. The second-order valence-corrected chi connectivity index (χ2v) is 9.13. The van der Waals surface area contributed by atoms with Gasteiger partial charge in [-0.25, -0.2) is 13.2 Å². The number of alkyl halides is 3. The number of benzene rings is 2. The molecule has 0 amide bonds. The lowest BCUT2D eigenvalue weighted by Gasteiger charge is -2.29. The largest absolute Gasteiger partial charge is 0.391 e. The second-order valence-electron chi connectivity index (χ2n) is 9.13. The quantitative estimate of drug-likeness (QED) is 0.253. The molecule has 1 aliphatic rings. The number of ether oxygens (including phenoxy) is 1. The van der Waals surface area contributed by atoms with Crippen LogP contribution in [-0.2, 0) is 11.3 Å². The van der Waals surface area contributed by atoms with Crippen LogP contribution in [0.2, 0.25) is 0 Å². The van der Waals surface area contributed by atoms with E-state index in [9.17, 15) is 22.0 Å². The van der Waals surface area contributed by atoms with Gasteiger partial charge in [0.1, 0.15) is 17.7 Å². The minimum atomic E-state index is -4.30. The van der Waals surface area contributed by atoms with Gasteiger partial charge in [0.15, 0.2) is 0 Å². The fraction of sp³-hybridized carbons (Fsp3) is 0.519. The minimum Gasteiger partial charge on any atom is -0.313 e. The molecule has 2 aromatic rings. The summed E-state index contributed by atoms with van der Waals surface area (Å²) in [6, 6.07) is 8.39. The van der Waals surface area contributed by atoms with Gasteiger partial charge in [-0.15, -0.1) is 0 Å². The van der Waals surface area contributed by atoms with Crippen LogP contribution >= 0.6 is 0 Å². The Bertz CT molecular complexity index is 995. The normalized spacial score (nSPS) is 19.6. The van der Waals surface area contributed by atoms with Crippen molar-refractivity contribution in [3.8, 4) is 6.07 Å². The molecule has 1 unspecified atom stereocenters. The Kier molecular flexibility index (Phi) is 9.07. The van der Waals surface area contributed by atoms with Crippen LogP contribution in [0.4, 0.5) is 22.0 Å². The van der Waals surface area contributed by atoms with Crippen LogP contribution < -0.4 is 0 Å². The van der Waals surface area contributed by atoms with Crippen molar-refractivity contribution in [1.29, 1.82) is 5.26 Å². The van der Waals surface area contributed by atoms with Crippen molar-refractivity contribution in [1.82, 2.24) is 0 Å². The van der Waals surface area contributed by atoms with Crippen molar-refractivity contribution in [2.24, 2.45) is 5.92 Å². The van der Waals surface area contributed by atoms with Crippen LogP contribution in [0.1, 0.15) is 92.6 Å². The predicted molar refractivity (Wildman–Crippen MR) is 120 cm³/mol. The first kappa shape index (κ1) is 26.2. The smallest absolute Gasteiger partial charge is 0.313 e. The zero-order valence-electron chi connectivity index (χ0n) is 19.3. The summed E-state index contributed by atoms with van der Waals surface area (Å²) in [5, 5.41) is 8.71. The standard InChI is InChI=1S/C27H30F5NO/c1-2-3-4-5-18-6-8-19(9-7-18)20-10-13-23(25(29)14-20)17-34-27(31,32)26(30)21-11-12-22(16-33)24(28)15-21/h10-15,18-19,26H,2-9,17H2,1H3. The summed E-state index contributed by atoms with van der Waals surface area (Å²) in [4.78, 5) is 0. The van der Waals surface area contributed by atoms with Crippen LogP contribution in [-0.4, -0.2) is 6.11 Å². The molecule has 0 aromatic heterocycles. The first-order chi connectivity index (χ1) is 16.2. The van der Waals surface area contributed by atoms with E-state index in [0.717, 1.165) is 49.3 Å². The Balaban J connectivity index is 1.57. The maximum Gasteiger partial charge on any atom is 0.391 e. The third kappa shape index (κ3) is 6.56. The molecule has 0 bridgehead atoms. The maximum absolute atomic E-state index is 14.6. The highest BCUT2D eigenvalue weighted by molar-refractivity contribution is 5.34. The van der Waals surface area contributed by atoms with Gasteiger partial charge in [0.25, 0.3) is 0 Å². The molecule has 1 saturated carbocycles. The third-order valence-corrected chi connectivity index (χ3v) is 6.73. The van der Waals surface area contributed by atoms with Gasteiger partial charge in [0.2, 0.25) is 6.17 Å². The van der Waals surface area contributed by atoms with Crippen molar-refractivity contribution in [2.75, 3.05) is 0 Å². The van der Waals surface area contributed by atoms with Gasteiger partial charge in [-0.1, -0.05) is 50.8 Å². The van der Waals surface area contributed by atoms with Gasteiger partial charge in [-0.3, -0.25) is 0 Å². The molecule has 1 fully saturated rings. The number of halogens is 5. The minimum absolute atomic E-state index is 0.102. The van der Waals surface area contributed by atoms with E-state index < -0.39 is 36.1 Å². The van der Waals surface area contributed by atoms with Gasteiger partial charge in [0.05, 0.1) is 12.2 Å². The van der Waals surface area contributed by atoms with Crippen molar-refractivity contribution >= 4 is 0 Å². The molecule has 0 saturated heterocycles. The van der Waals surface area contributed by atoms with E-state index in [1.165, 1.54) is 43.9 Å². The molecule has 7 heteroatoms. The average molecular weight is 480 g/mol. The summed E-state index contributed by atoms with van der Waals surface area (Å²) in [7, 11) is 0. The lowest BCUT2D eigenvalue weighted by atomic mass is 9.77. The van der Waals surface area contributed by atoms with Crippen molar-refractivity contribution in [3.05, 3.63) is 70.3 Å². The van der Waals surface area contributed by atoms with E-state index in [2.05, 4.69) is 11.7 Å². The fourth-order valence-corrected chi connectivity index (χ4v) is 4.62. The Morgan fingerprint density at radius 1 is 1.03 bits per heavy atom. The van der Waals surface area contributed by atoms with E-state index in [4.69, 9.17) is 5.26 Å². The third-order valence-electron chi connectivity index (χ3n) is 6.73. The zero-order chi connectivity index (χ0) is 24.7. The lowest BCUT2D eigenvalue weighted by Crippen LogP contribution is -2.27. The van der Waals surface area contributed by atoms with Gasteiger partial charge >= 0.3 is 6.11 Å². The molecule has 0 radical (unpaired) electrons. The molecule has 0 N–H and O–H groups in total. The fourth-order valence-electron chi connectivity index (χ4n) is 4.62. The summed E-state index contributed by atoms with van der Waals surface area (Å²) in [6.07, 6.45) is 1.86.